The van der Waals surface area contributed by atoms with Crippen molar-refractivity contribution < 1.29 is 74.4 Å². The first-order chi connectivity index (χ1) is 0. The van der Waals surface area contributed by atoms with Crippen LogP contribution in [-0.4, -0.2) is 24.4 Å². The minimum atomic E-state index is 0. The molecule has 0 unspecified atom stereocenters. The van der Waals surface area contributed by atoms with E-state index in [9.17, 15) is 0 Å². The maximum absolute atomic E-state index is 0. The smallest absolute Gasteiger partial charge is 0 e. The molecule has 0 atom stereocenters. The van der Waals surface area contributed by atoms with Crippen molar-refractivity contribution in [1.29, 1.82) is 0 Å². The van der Waals surface area contributed by atoms with Crippen LogP contribution in [0.1, 0.15) is 0 Å². The van der Waals surface area contributed by atoms with E-state index in [1.54, 1.807) is 0 Å². The van der Waals surface area contributed by atoms with Gasteiger partial charge in [-0.25, -0.2) is 0 Å². The molecule has 7 heteroatoms. The van der Waals surface area contributed by atoms with Crippen LogP contribution in [0.5, 0.6) is 0 Å². The van der Waals surface area contributed by atoms with E-state index in [-0.39, 0.29) is 98.9 Å². The first kappa shape index (κ1) is 107. The molecule has 0 aromatic heterocycles. The molecule has 7 heavy (non-hydrogen) atoms. The van der Waals surface area contributed by atoms with E-state index in [2.05, 4.69) is 0 Å². The van der Waals surface area contributed by atoms with Crippen molar-refractivity contribution >= 4 is 24.4 Å². The maximum atomic E-state index is 0. The second kappa shape index (κ2) is 74.7. The molecule has 0 aliphatic heterocycles. The Labute approximate surface area is 97.9 Å². The van der Waals surface area contributed by atoms with Crippen LogP contribution in [0, 0.1) is 0 Å². The summed E-state index contributed by atoms with van der Waals surface area (Å²) in [6.07, 6.45) is 0. The summed E-state index contributed by atoms with van der Waals surface area (Å²) in [6.45, 7) is 0. The van der Waals surface area contributed by atoms with Crippen LogP contribution >= 0.6 is 0 Å². The molecule has 0 rings (SSSR count). The third-order valence-electron chi connectivity index (χ3n) is 0. The third-order valence-corrected chi connectivity index (χ3v) is 0. The van der Waals surface area contributed by atoms with Gasteiger partial charge in [-0.05, 0) is 0 Å². The Morgan fingerprint density at radius 1 is 0.286 bits per heavy atom. The van der Waals surface area contributed by atoms with Gasteiger partial charge >= 0.3 is 0 Å². The molecule has 0 spiro atoms. The Hall–Kier alpha value is 2.56. The Morgan fingerprint density at radius 2 is 0.286 bits per heavy atom. The second-order valence-corrected chi connectivity index (χ2v) is 0. The zero-order chi connectivity index (χ0) is 0. The Kier molecular flexibility index (Phi) is 1140. The fraction of sp³-hybridized carbons (Fsp3) is 0. The molecule has 0 N–H and O–H groups in total. The minimum absolute atomic E-state index is 0. The van der Waals surface area contributed by atoms with Gasteiger partial charge in [0.25, 0.3) is 0 Å². The molecule has 3 radical (unpaired) electrons. The van der Waals surface area contributed by atoms with E-state index in [1.807, 2.05) is 0 Å². The summed E-state index contributed by atoms with van der Waals surface area (Å²) in [4.78, 5) is 0. The van der Waals surface area contributed by atoms with Crippen LogP contribution in [0.15, 0.2) is 0 Å². The van der Waals surface area contributed by atoms with Gasteiger partial charge in [0.15, 0.2) is 0 Å². The van der Waals surface area contributed by atoms with Crippen molar-refractivity contribution in [3.63, 3.8) is 0 Å². The largest absolute Gasteiger partial charge is 1.00 e. The van der Waals surface area contributed by atoms with Crippen LogP contribution in [0.3, 0.4) is 0 Å². The Balaban J connectivity index is 0. The van der Waals surface area contributed by atoms with Gasteiger partial charge in [-0.1, -0.05) is 0 Å². The SMILES string of the molecule is [Cl-].[Cl-].[Cl-].[Cl-].[Cl-].[Cl-].[Sb]. The number of hydrogen-bond donors (Lipinski definition) is 0. The van der Waals surface area contributed by atoms with Crippen LogP contribution in [0.25, 0.3) is 0 Å². The molecule has 0 saturated heterocycles. The van der Waals surface area contributed by atoms with Gasteiger partial charge in [0, 0.05) is 24.4 Å². The summed E-state index contributed by atoms with van der Waals surface area (Å²) < 4.78 is 0. The molecule has 0 aliphatic rings. The predicted octanol–water partition coefficient (Wildman–Crippen LogP) is -18.4. The topological polar surface area (TPSA) is 0 Å². The first-order valence-corrected chi connectivity index (χ1v) is 0. The van der Waals surface area contributed by atoms with E-state index in [0.29, 0.717) is 0 Å². The predicted molar refractivity (Wildman–Crippen MR) is 5.75 cm³/mol. The fourth-order valence-corrected chi connectivity index (χ4v) is 0. The molecule has 0 aromatic carbocycles. The van der Waals surface area contributed by atoms with Crippen molar-refractivity contribution in [2.75, 3.05) is 0 Å². The molecule has 0 bridgehead atoms. The summed E-state index contributed by atoms with van der Waals surface area (Å²) in [7, 11) is 0. The van der Waals surface area contributed by atoms with Gasteiger partial charge in [-0.2, -0.15) is 0 Å². The van der Waals surface area contributed by atoms with Crippen molar-refractivity contribution in [3.05, 3.63) is 0 Å². The first-order valence-electron chi connectivity index (χ1n) is 0. The monoisotopic (exact) mass is 331 g/mol. The maximum Gasteiger partial charge on any atom is 0 e. The third kappa shape index (κ3) is 56.2. The van der Waals surface area contributed by atoms with E-state index in [1.165, 1.54) is 0 Å². The van der Waals surface area contributed by atoms with Crippen LogP contribution < -0.4 is 74.4 Å². The average Bonchev–Trinajstić information content (AvgIpc) is 0. The molecule has 0 fully saturated rings. The molecule has 0 aliphatic carbocycles. The summed E-state index contributed by atoms with van der Waals surface area (Å²) in [5.74, 6) is 0. The van der Waals surface area contributed by atoms with Gasteiger partial charge in [0.2, 0.25) is 0 Å². The Morgan fingerprint density at radius 3 is 0.286 bits per heavy atom. The summed E-state index contributed by atoms with van der Waals surface area (Å²) in [5, 5.41) is 0. The molecule has 0 saturated carbocycles. The number of hydrogen-bond acceptors (Lipinski definition) is 0. The van der Waals surface area contributed by atoms with Gasteiger partial charge in [0.05, 0.1) is 0 Å². The molecule has 0 amide bonds. The molecule has 0 heterocycles. The van der Waals surface area contributed by atoms with Crippen molar-refractivity contribution in [2.45, 2.75) is 0 Å². The van der Waals surface area contributed by atoms with Crippen LogP contribution in [0.2, 0.25) is 0 Å². The Bertz CT molecular complexity index is 4.14. The normalized spacial score (nSPS) is 0. The van der Waals surface area contributed by atoms with E-state index >= 15 is 0 Å². The summed E-state index contributed by atoms with van der Waals surface area (Å²) in [5.41, 5.74) is 0. The van der Waals surface area contributed by atoms with Crippen molar-refractivity contribution in [3.8, 4) is 0 Å². The quantitative estimate of drug-likeness (QED) is 0.386. The number of halogens is 6. The summed E-state index contributed by atoms with van der Waals surface area (Å²) in [6, 6.07) is 0. The molecule has 0 nitrogen and oxygen atoms in total. The zero-order valence-corrected chi connectivity index (χ0v) is 9.80. The molecular weight excluding hydrogens is 334 g/mol. The zero-order valence-electron chi connectivity index (χ0n) is 2.72. The van der Waals surface area contributed by atoms with Crippen LogP contribution in [0.4, 0.5) is 0 Å². The fourth-order valence-electron chi connectivity index (χ4n) is 0. The van der Waals surface area contributed by atoms with Gasteiger partial charge in [-0.15, -0.1) is 0 Å². The minimum Gasteiger partial charge on any atom is -1.00 e. The second-order valence-electron chi connectivity index (χ2n) is 0. The van der Waals surface area contributed by atoms with Crippen molar-refractivity contribution in [1.82, 2.24) is 0 Å². The average molecular weight is 334 g/mol. The van der Waals surface area contributed by atoms with E-state index < -0.39 is 0 Å². The van der Waals surface area contributed by atoms with E-state index in [0.717, 1.165) is 0 Å². The van der Waals surface area contributed by atoms with Gasteiger partial charge < -0.3 is 74.4 Å². The number of rotatable bonds is 0. The molecule has 53 valence electrons. The standard InChI is InChI=1S/6ClH.Sb/h6*1H;/p-6. The van der Waals surface area contributed by atoms with Crippen LogP contribution in [-0.2, 0) is 0 Å². The van der Waals surface area contributed by atoms with Gasteiger partial charge in [0.1, 0.15) is 0 Å². The summed E-state index contributed by atoms with van der Waals surface area (Å²) >= 11 is 0. The molecular formula is Cl6Sb-6. The van der Waals surface area contributed by atoms with Gasteiger partial charge in [-0.3, -0.25) is 0 Å². The van der Waals surface area contributed by atoms with Crippen molar-refractivity contribution in [2.24, 2.45) is 0 Å². The molecule has 0 aromatic rings. The van der Waals surface area contributed by atoms with E-state index in [4.69, 9.17) is 0 Å².